The molecule has 0 N–H and O–H groups in total. The van der Waals surface area contributed by atoms with Gasteiger partial charge in [-0.05, 0) is 51.1 Å². The third-order valence-corrected chi connectivity index (χ3v) is 5.15. The smallest absolute Gasteiger partial charge is 0.338 e. The molecule has 7 heteroatoms. The molecule has 4 rings (SSSR count). The Kier molecular flexibility index (Phi) is 4.93. The molecule has 0 amide bonds. The number of ether oxygens (including phenoxy) is 1. The minimum absolute atomic E-state index is 0.263. The quantitative estimate of drug-likeness (QED) is 0.411. The van der Waals surface area contributed by atoms with E-state index in [4.69, 9.17) is 4.74 Å². The first-order valence-electron chi connectivity index (χ1n) is 9.26. The molecule has 0 saturated carbocycles. The predicted octanol–water partition coefficient (Wildman–Crippen LogP) is 4.95. The number of halogens is 1. The maximum atomic E-state index is 12.0. The van der Waals surface area contributed by atoms with Gasteiger partial charge in [-0.25, -0.2) is 4.79 Å². The predicted molar refractivity (Wildman–Crippen MR) is 113 cm³/mol. The molecule has 0 radical (unpaired) electrons. The zero-order valence-electron chi connectivity index (χ0n) is 16.0. The summed E-state index contributed by atoms with van der Waals surface area (Å²) in [5.41, 5.74) is 3.76. The number of hydrogen-bond acceptors (Lipinski definition) is 4. The topological polar surface area (TPSA) is 61.9 Å². The van der Waals surface area contributed by atoms with Gasteiger partial charge in [-0.3, -0.25) is 9.36 Å². The molecule has 0 aliphatic heterocycles. The zero-order valence-corrected chi connectivity index (χ0v) is 17.6. The van der Waals surface area contributed by atoms with Crippen molar-refractivity contribution in [2.45, 2.75) is 33.4 Å². The average molecular weight is 441 g/mol. The number of rotatable bonds is 5. The van der Waals surface area contributed by atoms with Gasteiger partial charge in [0.1, 0.15) is 0 Å². The summed E-state index contributed by atoms with van der Waals surface area (Å²) in [6.07, 6.45) is 3.68. The van der Waals surface area contributed by atoms with Crippen molar-refractivity contribution >= 4 is 43.7 Å². The van der Waals surface area contributed by atoms with Gasteiger partial charge >= 0.3 is 5.97 Å². The molecule has 0 spiro atoms. The summed E-state index contributed by atoms with van der Waals surface area (Å²) < 4.78 is 10.1. The molecular weight excluding hydrogens is 420 g/mol. The second kappa shape index (κ2) is 7.39. The normalized spacial score (nSPS) is 11.6. The van der Waals surface area contributed by atoms with Crippen LogP contribution in [0.2, 0.25) is 0 Å². The Morgan fingerprint density at radius 2 is 1.93 bits per heavy atom. The number of benzene rings is 2. The molecule has 28 heavy (non-hydrogen) atoms. The highest BCUT2D eigenvalue weighted by Crippen LogP contribution is 2.28. The van der Waals surface area contributed by atoms with E-state index >= 15 is 0 Å². The Balaban J connectivity index is 1.76. The lowest BCUT2D eigenvalue weighted by Gasteiger charge is -2.12. The van der Waals surface area contributed by atoms with Gasteiger partial charge in [-0.1, -0.05) is 15.9 Å². The van der Waals surface area contributed by atoms with E-state index in [0.717, 1.165) is 31.8 Å². The van der Waals surface area contributed by atoms with Crippen molar-refractivity contribution in [3.8, 4) is 0 Å². The molecule has 0 unspecified atom stereocenters. The Morgan fingerprint density at radius 1 is 1.14 bits per heavy atom. The van der Waals surface area contributed by atoms with Crippen LogP contribution in [0.3, 0.4) is 0 Å². The van der Waals surface area contributed by atoms with E-state index in [2.05, 4.69) is 52.1 Å². The number of fused-ring (bicyclic) bond motifs is 2. The van der Waals surface area contributed by atoms with Crippen LogP contribution in [0.15, 0.2) is 47.2 Å². The monoisotopic (exact) mass is 440 g/mol. The summed E-state index contributed by atoms with van der Waals surface area (Å²) in [5.74, 6) is -0.313. The van der Waals surface area contributed by atoms with Gasteiger partial charge in [-0.2, -0.15) is 10.2 Å². The van der Waals surface area contributed by atoms with Gasteiger partial charge in [0.05, 0.1) is 42.1 Å². The molecule has 0 aliphatic carbocycles. The van der Waals surface area contributed by atoms with Crippen LogP contribution < -0.4 is 0 Å². The molecule has 0 fully saturated rings. The lowest BCUT2D eigenvalue weighted by atomic mass is 10.1. The Labute approximate surface area is 171 Å². The molecular formula is C21H21BrN4O2. The summed E-state index contributed by atoms with van der Waals surface area (Å²) in [5, 5.41) is 11.1. The molecule has 0 saturated heterocycles. The van der Waals surface area contributed by atoms with E-state index in [9.17, 15) is 4.79 Å². The summed E-state index contributed by atoms with van der Waals surface area (Å²) in [7, 11) is 0. The number of aromatic nitrogens is 4. The van der Waals surface area contributed by atoms with Crippen molar-refractivity contribution in [3.63, 3.8) is 0 Å². The first-order chi connectivity index (χ1) is 13.5. The highest BCUT2D eigenvalue weighted by atomic mass is 79.9. The summed E-state index contributed by atoms with van der Waals surface area (Å²) in [4.78, 5) is 12.0. The maximum absolute atomic E-state index is 12.0. The molecule has 144 valence electrons. The Morgan fingerprint density at radius 3 is 2.68 bits per heavy atom. The van der Waals surface area contributed by atoms with Crippen LogP contribution in [0, 0.1) is 0 Å². The highest BCUT2D eigenvalue weighted by Gasteiger charge is 2.15. The van der Waals surface area contributed by atoms with Crippen molar-refractivity contribution < 1.29 is 9.53 Å². The van der Waals surface area contributed by atoms with Crippen LogP contribution in [0.25, 0.3) is 21.8 Å². The van der Waals surface area contributed by atoms with Crippen LogP contribution in [0.1, 0.15) is 42.7 Å². The second-order valence-electron chi connectivity index (χ2n) is 6.98. The van der Waals surface area contributed by atoms with Crippen LogP contribution in [-0.2, 0) is 11.3 Å². The van der Waals surface area contributed by atoms with Gasteiger partial charge < -0.3 is 4.74 Å². The molecule has 0 atom stereocenters. The van der Waals surface area contributed by atoms with E-state index in [-0.39, 0.29) is 12.0 Å². The number of carbonyl (C=O) groups excluding carboxylic acids is 1. The van der Waals surface area contributed by atoms with Gasteiger partial charge in [0, 0.05) is 26.9 Å². The third-order valence-electron chi connectivity index (χ3n) is 4.70. The van der Waals surface area contributed by atoms with E-state index in [1.54, 1.807) is 19.2 Å². The van der Waals surface area contributed by atoms with Crippen molar-refractivity contribution in [2.24, 2.45) is 0 Å². The number of nitrogens with zero attached hydrogens (tertiary/aromatic N) is 4. The fourth-order valence-corrected chi connectivity index (χ4v) is 3.99. The Bertz CT molecular complexity index is 1180. The first kappa shape index (κ1) is 18.7. The van der Waals surface area contributed by atoms with E-state index in [1.165, 1.54) is 0 Å². The number of hydrogen-bond donors (Lipinski definition) is 0. The molecule has 6 nitrogen and oxygen atoms in total. The van der Waals surface area contributed by atoms with E-state index < -0.39 is 0 Å². The van der Waals surface area contributed by atoms with Gasteiger partial charge in [0.15, 0.2) is 0 Å². The highest BCUT2D eigenvalue weighted by molar-refractivity contribution is 9.10. The fraction of sp³-hybridized carbons (Fsp3) is 0.286. The van der Waals surface area contributed by atoms with Crippen molar-refractivity contribution in [1.82, 2.24) is 19.6 Å². The van der Waals surface area contributed by atoms with Crippen LogP contribution in [0.5, 0.6) is 0 Å². The lowest BCUT2D eigenvalue weighted by Crippen LogP contribution is -2.08. The van der Waals surface area contributed by atoms with Gasteiger partial charge in [0.25, 0.3) is 0 Å². The van der Waals surface area contributed by atoms with Crippen molar-refractivity contribution in [1.29, 1.82) is 0 Å². The molecule has 4 aromatic rings. The summed E-state index contributed by atoms with van der Waals surface area (Å²) >= 11 is 3.61. The third kappa shape index (κ3) is 3.30. The van der Waals surface area contributed by atoms with Crippen molar-refractivity contribution in [2.75, 3.05) is 6.61 Å². The summed E-state index contributed by atoms with van der Waals surface area (Å²) in [6, 6.07) is 9.99. The first-order valence-corrected chi connectivity index (χ1v) is 10.1. The van der Waals surface area contributed by atoms with E-state index in [1.807, 2.05) is 27.7 Å². The van der Waals surface area contributed by atoms with Crippen LogP contribution >= 0.6 is 15.9 Å². The van der Waals surface area contributed by atoms with E-state index in [0.29, 0.717) is 18.7 Å². The van der Waals surface area contributed by atoms with Crippen molar-refractivity contribution in [3.05, 3.63) is 58.3 Å². The maximum Gasteiger partial charge on any atom is 0.338 e. The second-order valence-corrected chi connectivity index (χ2v) is 7.90. The standard InChI is InChI=1S/C21H21BrN4O2/c1-4-28-21(27)14-5-6-19-15(7-14)10-23-25(19)12-17-9-18(22)8-16-11-24-26(13(2)3)20(16)17/h5-11,13H,4,12H2,1-3H3. The number of esters is 1. The molecule has 2 aromatic carbocycles. The Hall–Kier alpha value is -2.67. The van der Waals surface area contributed by atoms with Gasteiger partial charge in [-0.15, -0.1) is 0 Å². The van der Waals surface area contributed by atoms with Gasteiger partial charge in [0.2, 0.25) is 0 Å². The summed E-state index contributed by atoms with van der Waals surface area (Å²) in [6.45, 7) is 7.02. The SMILES string of the molecule is CCOC(=O)c1ccc2c(cnn2Cc2cc(Br)cc3cnn(C(C)C)c23)c1. The molecule has 0 bridgehead atoms. The minimum atomic E-state index is -0.313. The zero-order chi connectivity index (χ0) is 19.8. The molecule has 2 heterocycles. The number of carbonyl (C=O) groups is 1. The fourth-order valence-electron chi connectivity index (χ4n) is 3.47. The van der Waals surface area contributed by atoms with Crippen LogP contribution in [0.4, 0.5) is 0 Å². The minimum Gasteiger partial charge on any atom is -0.462 e. The molecule has 2 aromatic heterocycles. The van der Waals surface area contributed by atoms with Crippen LogP contribution in [-0.4, -0.2) is 32.1 Å². The molecule has 0 aliphatic rings. The lowest BCUT2D eigenvalue weighted by molar-refractivity contribution is 0.0526. The average Bonchev–Trinajstić information content (AvgIpc) is 3.26. The largest absolute Gasteiger partial charge is 0.462 e.